The van der Waals surface area contributed by atoms with Gasteiger partial charge < -0.3 is 16.8 Å². The minimum Gasteiger partial charge on any atom is -0.354 e. The Morgan fingerprint density at radius 2 is 1.58 bits per heavy atom. The predicted molar refractivity (Wildman–Crippen MR) is 73.7 cm³/mol. The predicted octanol–water partition coefficient (Wildman–Crippen LogP) is 1.80. The number of carbonyl (C=O) groups excluding carboxylic acids is 1. The molecule has 0 aromatic heterocycles. The lowest BCUT2D eigenvalue weighted by Gasteiger charge is -2.15. The van der Waals surface area contributed by atoms with E-state index in [1.807, 2.05) is 0 Å². The normalized spacial score (nSPS) is 13.7. The molecule has 0 spiro atoms. The zero-order valence-corrected chi connectivity index (χ0v) is 12.6. The number of nitrogens with one attached hydrogen (secondary N) is 1. The summed E-state index contributed by atoms with van der Waals surface area (Å²) in [5, 5.41) is 2.29. The van der Waals surface area contributed by atoms with Gasteiger partial charge in [-0.3, -0.25) is 4.79 Å². The summed E-state index contributed by atoms with van der Waals surface area (Å²) in [5.74, 6) is -1.02. The highest BCUT2D eigenvalue weighted by Crippen LogP contribution is 2.36. The van der Waals surface area contributed by atoms with Gasteiger partial charge in [0.15, 0.2) is 0 Å². The lowest BCUT2D eigenvalue weighted by molar-refractivity contribution is -0.418. The smallest absolute Gasteiger partial charge is 0.354 e. The van der Waals surface area contributed by atoms with Crippen LogP contribution in [0.25, 0.3) is 0 Å². The van der Waals surface area contributed by atoms with Gasteiger partial charge >= 0.3 is 12.4 Å². The fourth-order valence-electron chi connectivity index (χ4n) is 1.93. The number of amides is 1. The van der Waals surface area contributed by atoms with Crippen LogP contribution in [-0.2, 0) is 12.4 Å². The van der Waals surface area contributed by atoms with Crippen molar-refractivity contribution < 1.29 is 36.9 Å². The van der Waals surface area contributed by atoms with Crippen LogP contribution in [0, 0.1) is 0 Å². The van der Waals surface area contributed by atoms with Crippen molar-refractivity contribution in [1.82, 2.24) is 5.32 Å². The van der Waals surface area contributed by atoms with E-state index in [-0.39, 0.29) is 18.7 Å². The fraction of sp³-hybridized carbons (Fsp3) is 0.500. The van der Waals surface area contributed by atoms with E-state index in [0.29, 0.717) is 31.5 Å². The highest BCUT2D eigenvalue weighted by atomic mass is 19.4. The largest absolute Gasteiger partial charge is 0.416 e. The van der Waals surface area contributed by atoms with Gasteiger partial charge in [0.05, 0.1) is 17.7 Å². The highest BCUT2D eigenvalue weighted by molar-refractivity contribution is 5.94. The number of alkyl halides is 6. The lowest BCUT2D eigenvalue weighted by Crippen LogP contribution is -2.65. The quantitative estimate of drug-likeness (QED) is 0.678. The third-order valence-electron chi connectivity index (χ3n) is 3.22. The zero-order valence-electron chi connectivity index (χ0n) is 12.6. The number of carbonyl (C=O) groups is 1. The van der Waals surface area contributed by atoms with Crippen LogP contribution in [0.4, 0.5) is 26.3 Å². The molecule has 1 aromatic rings. The van der Waals surface area contributed by atoms with E-state index >= 15 is 0 Å². The van der Waals surface area contributed by atoms with E-state index in [2.05, 4.69) is 11.1 Å². The number of hydrogen-bond acceptors (Lipinski definition) is 2. The monoisotopic (exact) mass is 358 g/mol. The van der Waals surface area contributed by atoms with Gasteiger partial charge in [-0.2, -0.15) is 26.3 Å². The first-order valence-corrected chi connectivity index (χ1v) is 7.06. The Labute approximate surface area is 134 Å². The number of rotatable bonds is 6. The molecule has 0 radical (unpaired) electrons. The van der Waals surface area contributed by atoms with Crippen LogP contribution in [0.5, 0.6) is 0 Å². The zero-order chi connectivity index (χ0) is 18.5. The number of benzene rings is 1. The maximum absolute atomic E-state index is 12.7. The van der Waals surface area contributed by atoms with Crippen LogP contribution in [0.15, 0.2) is 18.2 Å². The molecule has 1 amide bonds. The highest BCUT2D eigenvalue weighted by Gasteiger charge is 2.37. The number of halogens is 6. The summed E-state index contributed by atoms with van der Waals surface area (Å²) in [4.78, 5) is 11.9. The van der Waals surface area contributed by atoms with Gasteiger partial charge in [0, 0.05) is 12.0 Å². The van der Waals surface area contributed by atoms with Crippen molar-refractivity contribution in [3.05, 3.63) is 34.9 Å². The molecule has 0 saturated heterocycles. The van der Waals surface area contributed by atoms with E-state index in [1.165, 1.54) is 0 Å². The van der Waals surface area contributed by atoms with Crippen molar-refractivity contribution in [3.63, 3.8) is 0 Å². The first kappa shape index (κ1) is 20.2. The van der Waals surface area contributed by atoms with Crippen LogP contribution in [0.3, 0.4) is 0 Å². The minimum absolute atomic E-state index is 0.0242. The molecule has 136 valence electrons. The molecule has 6 N–H and O–H groups in total. The van der Waals surface area contributed by atoms with Gasteiger partial charge in [-0.05, 0) is 31.2 Å². The van der Waals surface area contributed by atoms with E-state index in [4.69, 9.17) is 5.73 Å². The van der Waals surface area contributed by atoms with Crippen molar-refractivity contribution in [1.29, 1.82) is 0 Å². The van der Waals surface area contributed by atoms with Crippen LogP contribution < -0.4 is 16.8 Å². The molecule has 0 fully saturated rings. The van der Waals surface area contributed by atoms with E-state index in [1.54, 1.807) is 0 Å². The SMILES string of the molecule is NCCC[C@H]([NH3+])CNC(=O)c1cc(C(F)(F)F)cc(C(F)(F)F)c1. The molecule has 0 saturated carbocycles. The van der Waals surface area contributed by atoms with E-state index in [9.17, 15) is 31.1 Å². The Morgan fingerprint density at radius 1 is 1.08 bits per heavy atom. The Balaban J connectivity index is 2.99. The molecule has 0 bridgehead atoms. The van der Waals surface area contributed by atoms with Crippen LogP contribution >= 0.6 is 0 Å². The molecule has 10 heteroatoms. The first-order chi connectivity index (χ1) is 10.9. The van der Waals surface area contributed by atoms with Crippen molar-refractivity contribution in [2.75, 3.05) is 13.1 Å². The molecule has 0 heterocycles. The average Bonchev–Trinajstić information content (AvgIpc) is 2.48. The van der Waals surface area contributed by atoms with Crippen molar-refractivity contribution >= 4 is 5.91 Å². The molecule has 0 unspecified atom stereocenters. The summed E-state index contributed by atoms with van der Waals surface area (Å²) in [6.45, 7) is 0.443. The molecular formula is C14H18F6N3O+. The second kappa shape index (κ2) is 7.84. The van der Waals surface area contributed by atoms with Gasteiger partial charge in [-0.25, -0.2) is 0 Å². The number of nitrogens with two attached hydrogens (primary N) is 1. The number of quaternary nitrogens is 1. The number of hydrogen-bond donors (Lipinski definition) is 3. The van der Waals surface area contributed by atoms with Gasteiger partial charge in [-0.1, -0.05) is 0 Å². The van der Waals surface area contributed by atoms with Gasteiger partial charge in [-0.15, -0.1) is 0 Å². The summed E-state index contributed by atoms with van der Waals surface area (Å²) >= 11 is 0. The maximum atomic E-state index is 12.7. The standard InChI is InChI=1S/C14H17F6N3O/c15-13(16,17)9-4-8(5-10(6-9)14(18,19)20)12(24)23-7-11(22)2-1-3-21/h4-6,11H,1-3,7,21-22H2,(H,23,24)/p+1/t11-/m0/s1. The van der Waals surface area contributed by atoms with Crippen molar-refractivity contribution in [2.45, 2.75) is 31.2 Å². The second-order valence-electron chi connectivity index (χ2n) is 5.30. The molecular weight excluding hydrogens is 340 g/mol. The summed E-state index contributed by atoms with van der Waals surface area (Å²) in [7, 11) is 0. The summed E-state index contributed by atoms with van der Waals surface area (Å²) < 4.78 is 76.4. The van der Waals surface area contributed by atoms with E-state index in [0.717, 1.165) is 0 Å². The molecule has 1 aromatic carbocycles. The second-order valence-corrected chi connectivity index (χ2v) is 5.30. The van der Waals surface area contributed by atoms with Gasteiger partial charge in [0.25, 0.3) is 5.91 Å². The summed E-state index contributed by atoms with van der Waals surface area (Å²) in [6.07, 6.45) is -8.77. The van der Waals surface area contributed by atoms with Gasteiger partial charge in [0.1, 0.15) is 6.04 Å². The van der Waals surface area contributed by atoms with Crippen molar-refractivity contribution in [2.24, 2.45) is 5.73 Å². The molecule has 0 aliphatic heterocycles. The molecule has 1 rings (SSSR count). The molecule has 24 heavy (non-hydrogen) atoms. The molecule has 1 atom stereocenters. The van der Waals surface area contributed by atoms with E-state index < -0.39 is 35.0 Å². The van der Waals surface area contributed by atoms with Gasteiger partial charge in [0.2, 0.25) is 0 Å². The summed E-state index contributed by atoms with van der Waals surface area (Å²) in [5.41, 5.74) is 5.27. The first-order valence-electron chi connectivity index (χ1n) is 7.06. The Morgan fingerprint density at radius 3 is 2.00 bits per heavy atom. The lowest BCUT2D eigenvalue weighted by atomic mass is 10.0. The molecule has 0 aliphatic carbocycles. The topological polar surface area (TPSA) is 82.8 Å². The third kappa shape index (κ3) is 6.00. The molecule has 4 nitrogen and oxygen atoms in total. The Kier molecular flexibility index (Phi) is 6.61. The summed E-state index contributed by atoms with van der Waals surface area (Å²) in [6, 6.07) is 0.512. The minimum atomic E-state index is -4.99. The van der Waals surface area contributed by atoms with Crippen LogP contribution in [0.1, 0.15) is 34.3 Å². The van der Waals surface area contributed by atoms with Crippen LogP contribution in [0.2, 0.25) is 0 Å². The Bertz CT molecular complexity index is 538. The van der Waals surface area contributed by atoms with Crippen LogP contribution in [-0.4, -0.2) is 25.0 Å². The molecule has 0 aliphatic rings. The fourth-order valence-corrected chi connectivity index (χ4v) is 1.93. The third-order valence-corrected chi connectivity index (χ3v) is 3.22. The maximum Gasteiger partial charge on any atom is 0.416 e. The Hall–Kier alpha value is -1.81. The van der Waals surface area contributed by atoms with Crippen molar-refractivity contribution in [3.8, 4) is 0 Å². The average molecular weight is 358 g/mol.